The minimum absolute atomic E-state index is 0.174. The highest BCUT2D eigenvalue weighted by Crippen LogP contribution is 2.20. The Balaban J connectivity index is 1.80. The van der Waals surface area contributed by atoms with Gasteiger partial charge in [-0.25, -0.2) is 0 Å². The second-order valence-corrected chi connectivity index (χ2v) is 4.41. The number of hydrogen-bond donors (Lipinski definition) is 3. The summed E-state index contributed by atoms with van der Waals surface area (Å²) in [7, 11) is 0. The van der Waals surface area contributed by atoms with Crippen LogP contribution in [0.1, 0.15) is 16.1 Å². The van der Waals surface area contributed by atoms with Crippen LogP contribution >= 0.6 is 0 Å². The molecule has 0 unspecified atom stereocenters. The Morgan fingerprint density at radius 3 is 3.05 bits per heavy atom. The number of nitrogens with zero attached hydrogens (tertiary/aromatic N) is 2. The van der Waals surface area contributed by atoms with E-state index >= 15 is 0 Å². The molecular formula is C14H13N5O. The van der Waals surface area contributed by atoms with Gasteiger partial charge >= 0.3 is 0 Å². The molecule has 0 saturated carbocycles. The normalized spacial score (nSPS) is 10.6. The van der Waals surface area contributed by atoms with Crippen LogP contribution in [0, 0.1) is 0 Å². The molecule has 6 heteroatoms. The number of rotatable bonds is 3. The number of fused-ring (bicyclic) bond motifs is 1. The van der Waals surface area contributed by atoms with E-state index in [-0.39, 0.29) is 5.91 Å². The molecule has 0 atom stereocenters. The first kappa shape index (κ1) is 12.2. The number of nitrogens with two attached hydrogens (primary N) is 1. The fourth-order valence-electron chi connectivity index (χ4n) is 2.02. The first-order valence-electron chi connectivity index (χ1n) is 6.15. The number of nitrogen functional groups attached to an aromatic ring is 1. The van der Waals surface area contributed by atoms with Gasteiger partial charge in [0, 0.05) is 29.0 Å². The SMILES string of the molecule is Nc1ccc2[nH]cc(C(=O)NCc3cccnn3)c2c1. The Bertz CT molecular complexity index is 751. The Kier molecular flexibility index (Phi) is 3.04. The van der Waals surface area contributed by atoms with Crippen molar-refractivity contribution in [3.63, 3.8) is 0 Å². The number of nitrogens with one attached hydrogen (secondary N) is 2. The zero-order chi connectivity index (χ0) is 13.9. The Hall–Kier alpha value is -2.89. The largest absolute Gasteiger partial charge is 0.399 e. The summed E-state index contributed by atoms with van der Waals surface area (Å²) < 4.78 is 0. The number of aromatic nitrogens is 3. The lowest BCUT2D eigenvalue weighted by molar-refractivity contribution is 0.0952. The van der Waals surface area contributed by atoms with Gasteiger partial charge in [-0.05, 0) is 30.3 Å². The highest BCUT2D eigenvalue weighted by molar-refractivity contribution is 6.07. The molecule has 0 spiro atoms. The highest BCUT2D eigenvalue weighted by Gasteiger charge is 2.12. The van der Waals surface area contributed by atoms with Crippen LogP contribution in [0.4, 0.5) is 5.69 Å². The summed E-state index contributed by atoms with van der Waals surface area (Å²) >= 11 is 0. The van der Waals surface area contributed by atoms with E-state index in [1.54, 1.807) is 36.7 Å². The molecule has 0 aliphatic carbocycles. The van der Waals surface area contributed by atoms with Crippen molar-refractivity contribution in [1.82, 2.24) is 20.5 Å². The van der Waals surface area contributed by atoms with Gasteiger partial charge in [0.05, 0.1) is 17.8 Å². The fourth-order valence-corrected chi connectivity index (χ4v) is 2.02. The Morgan fingerprint density at radius 1 is 1.35 bits per heavy atom. The van der Waals surface area contributed by atoms with Crippen LogP contribution in [0.2, 0.25) is 0 Å². The zero-order valence-corrected chi connectivity index (χ0v) is 10.6. The third-order valence-corrected chi connectivity index (χ3v) is 3.01. The van der Waals surface area contributed by atoms with Gasteiger partial charge in [0.2, 0.25) is 0 Å². The topological polar surface area (TPSA) is 96.7 Å². The first-order chi connectivity index (χ1) is 9.74. The molecule has 0 saturated heterocycles. The zero-order valence-electron chi connectivity index (χ0n) is 10.6. The second-order valence-electron chi connectivity index (χ2n) is 4.41. The summed E-state index contributed by atoms with van der Waals surface area (Å²) in [5, 5.41) is 11.3. The van der Waals surface area contributed by atoms with Gasteiger partial charge in [0.25, 0.3) is 5.91 Å². The van der Waals surface area contributed by atoms with E-state index in [9.17, 15) is 4.79 Å². The Morgan fingerprint density at radius 2 is 2.25 bits per heavy atom. The summed E-state index contributed by atoms with van der Waals surface area (Å²) in [6.45, 7) is 0.335. The molecule has 1 aromatic carbocycles. The molecule has 0 bridgehead atoms. The van der Waals surface area contributed by atoms with Gasteiger partial charge < -0.3 is 16.0 Å². The van der Waals surface area contributed by atoms with Crippen molar-refractivity contribution in [2.24, 2.45) is 0 Å². The molecule has 2 aromatic heterocycles. The monoisotopic (exact) mass is 267 g/mol. The predicted molar refractivity (Wildman–Crippen MR) is 75.9 cm³/mol. The molecular weight excluding hydrogens is 254 g/mol. The fraction of sp³-hybridized carbons (Fsp3) is 0.0714. The van der Waals surface area contributed by atoms with Crippen LogP contribution in [-0.4, -0.2) is 21.1 Å². The average molecular weight is 267 g/mol. The van der Waals surface area contributed by atoms with Crippen molar-refractivity contribution < 1.29 is 4.79 Å². The van der Waals surface area contributed by atoms with Crippen molar-refractivity contribution >= 4 is 22.5 Å². The molecule has 3 rings (SSSR count). The quantitative estimate of drug-likeness (QED) is 0.626. The smallest absolute Gasteiger partial charge is 0.253 e. The van der Waals surface area contributed by atoms with Gasteiger partial charge in [-0.1, -0.05) is 0 Å². The molecule has 0 aliphatic rings. The maximum Gasteiger partial charge on any atom is 0.253 e. The molecule has 6 nitrogen and oxygen atoms in total. The summed E-state index contributed by atoms with van der Waals surface area (Å²) in [5.41, 5.74) is 8.53. The number of carbonyl (C=O) groups is 1. The van der Waals surface area contributed by atoms with Crippen molar-refractivity contribution in [1.29, 1.82) is 0 Å². The van der Waals surface area contributed by atoms with E-state index < -0.39 is 0 Å². The van der Waals surface area contributed by atoms with Crippen LogP contribution in [-0.2, 0) is 6.54 Å². The summed E-state index contributed by atoms with van der Waals surface area (Å²) in [6, 6.07) is 9.01. The molecule has 100 valence electrons. The molecule has 1 amide bonds. The van der Waals surface area contributed by atoms with Crippen molar-refractivity contribution in [2.75, 3.05) is 5.73 Å². The summed E-state index contributed by atoms with van der Waals surface area (Å²) in [6.07, 6.45) is 3.27. The lowest BCUT2D eigenvalue weighted by Gasteiger charge is -2.03. The summed E-state index contributed by atoms with van der Waals surface area (Å²) in [5.74, 6) is -0.174. The number of benzene rings is 1. The van der Waals surface area contributed by atoms with Crippen LogP contribution in [0.3, 0.4) is 0 Å². The second kappa shape index (κ2) is 5.00. The highest BCUT2D eigenvalue weighted by atomic mass is 16.1. The molecule has 2 heterocycles. The van der Waals surface area contributed by atoms with Crippen LogP contribution in [0.5, 0.6) is 0 Å². The number of amides is 1. The van der Waals surface area contributed by atoms with Gasteiger partial charge in [0.15, 0.2) is 0 Å². The maximum atomic E-state index is 12.2. The van der Waals surface area contributed by atoms with E-state index in [0.29, 0.717) is 23.5 Å². The van der Waals surface area contributed by atoms with E-state index in [0.717, 1.165) is 10.9 Å². The van der Waals surface area contributed by atoms with Gasteiger partial charge in [-0.2, -0.15) is 10.2 Å². The van der Waals surface area contributed by atoms with E-state index in [1.807, 2.05) is 6.07 Å². The molecule has 0 radical (unpaired) electrons. The average Bonchev–Trinajstić information content (AvgIpc) is 2.89. The number of aromatic amines is 1. The molecule has 0 fully saturated rings. The molecule has 20 heavy (non-hydrogen) atoms. The minimum atomic E-state index is -0.174. The van der Waals surface area contributed by atoms with Gasteiger partial charge in [-0.3, -0.25) is 4.79 Å². The van der Waals surface area contributed by atoms with E-state index in [2.05, 4.69) is 20.5 Å². The maximum absolute atomic E-state index is 12.2. The number of anilines is 1. The number of H-pyrrole nitrogens is 1. The standard InChI is InChI=1S/C14H13N5O/c15-9-3-4-13-11(6-9)12(8-16-13)14(20)17-7-10-2-1-5-18-19-10/h1-6,8,16H,7,15H2,(H,17,20). The van der Waals surface area contributed by atoms with Crippen LogP contribution < -0.4 is 11.1 Å². The van der Waals surface area contributed by atoms with Gasteiger partial charge in [-0.15, -0.1) is 0 Å². The third kappa shape index (κ3) is 2.31. The number of hydrogen-bond acceptors (Lipinski definition) is 4. The molecule has 0 aliphatic heterocycles. The van der Waals surface area contributed by atoms with Crippen LogP contribution in [0.25, 0.3) is 10.9 Å². The third-order valence-electron chi connectivity index (χ3n) is 3.01. The molecule has 3 aromatic rings. The lowest BCUT2D eigenvalue weighted by atomic mass is 10.1. The van der Waals surface area contributed by atoms with Crippen molar-refractivity contribution in [3.8, 4) is 0 Å². The van der Waals surface area contributed by atoms with Crippen molar-refractivity contribution in [3.05, 3.63) is 54.0 Å². The number of carbonyl (C=O) groups excluding carboxylic acids is 1. The van der Waals surface area contributed by atoms with E-state index in [4.69, 9.17) is 5.73 Å². The predicted octanol–water partition coefficient (Wildman–Crippen LogP) is 1.47. The summed E-state index contributed by atoms with van der Waals surface area (Å²) in [4.78, 5) is 15.2. The van der Waals surface area contributed by atoms with Crippen molar-refractivity contribution in [2.45, 2.75) is 6.54 Å². The lowest BCUT2D eigenvalue weighted by Crippen LogP contribution is -2.23. The first-order valence-corrected chi connectivity index (χ1v) is 6.15. The minimum Gasteiger partial charge on any atom is -0.399 e. The van der Waals surface area contributed by atoms with E-state index in [1.165, 1.54) is 0 Å². The molecule has 4 N–H and O–H groups in total. The Labute approximate surface area is 115 Å². The van der Waals surface area contributed by atoms with Gasteiger partial charge in [0.1, 0.15) is 0 Å². The van der Waals surface area contributed by atoms with Crippen LogP contribution in [0.15, 0.2) is 42.7 Å².